The number of nitrogens with zero attached hydrogens (tertiary/aromatic N) is 1. The van der Waals surface area contributed by atoms with E-state index in [9.17, 15) is 13.2 Å². The van der Waals surface area contributed by atoms with E-state index in [1.807, 2.05) is 0 Å². The molecule has 7 nitrogen and oxygen atoms in total. The van der Waals surface area contributed by atoms with E-state index in [2.05, 4.69) is 10.0 Å². The predicted molar refractivity (Wildman–Crippen MR) is 64.4 cm³/mol. The molecule has 0 spiro atoms. The smallest absolute Gasteiger partial charge is 0.279 e. The minimum Gasteiger partial charge on any atom is -0.355 e. The SMILES string of the molecule is CN(CCCN)S(=O)(=O)NC1CCC(=O)NC1. The highest BCUT2D eigenvalue weighted by Gasteiger charge is 2.25. The average molecular weight is 264 g/mol. The lowest BCUT2D eigenvalue weighted by Crippen LogP contribution is -2.51. The fourth-order valence-corrected chi connectivity index (χ4v) is 2.74. The van der Waals surface area contributed by atoms with Gasteiger partial charge in [-0.25, -0.2) is 0 Å². The second-order valence-electron chi connectivity index (χ2n) is 4.13. The molecular formula is C9H20N4O3S. The van der Waals surface area contributed by atoms with E-state index < -0.39 is 10.2 Å². The second kappa shape index (κ2) is 6.29. The summed E-state index contributed by atoms with van der Waals surface area (Å²) in [5.74, 6) is -0.0306. The molecule has 0 radical (unpaired) electrons. The number of carbonyl (C=O) groups excluding carboxylic acids is 1. The van der Waals surface area contributed by atoms with E-state index in [0.717, 1.165) is 0 Å². The van der Waals surface area contributed by atoms with Crippen molar-refractivity contribution < 1.29 is 13.2 Å². The highest BCUT2D eigenvalue weighted by atomic mass is 32.2. The van der Waals surface area contributed by atoms with Crippen molar-refractivity contribution in [3.8, 4) is 0 Å². The van der Waals surface area contributed by atoms with Gasteiger partial charge >= 0.3 is 0 Å². The van der Waals surface area contributed by atoms with Gasteiger partial charge in [0.2, 0.25) is 5.91 Å². The number of hydrogen-bond donors (Lipinski definition) is 3. The van der Waals surface area contributed by atoms with E-state index in [4.69, 9.17) is 5.73 Å². The van der Waals surface area contributed by atoms with E-state index in [0.29, 0.717) is 38.9 Å². The van der Waals surface area contributed by atoms with Gasteiger partial charge in [0.25, 0.3) is 10.2 Å². The van der Waals surface area contributed by atoms with Crippen LogP contribution in [0, 0.1) is 0 Å². The Morgan fingerprint density at radius 2 is 2.29 bits per heavy atom. The van der Waals surface area contributed by atoms with E-state index >= 15 is 0 Å². The van der Waals surface area contributed by atoms with Crippen LogP contribution in [0.5, 0.6) is 0 Å². The first-order valence-electron chi connectivity index (χ1n) is 5.66. The molecule has 0 saturated carbocycles. The molecule has 100 valence electrons. The monoisotopic (exact) mass is 264 g/mol. The molecule has 1 amide bonds. The van der Waals surface area contributed by atoms with Crippen LogP contribution in [0.15, 0.2) is 0 Å². The van der Waals surface area contributed by atoms with Crippen molar-refractivity contribution in [3.05, 3.63) is 0 Å². The van der Waals surface area contributed by atoms with E-state index in [1.165, 1.54) is 11.4 Å². The van der Waals surface area contributed by atoms with Crippen molar-refractivity contribution in [2.24, 2.45) is 5.73 Å². The van der Waals surface area contributed by atoms with Crippen LogP contribution in [-0.4, -0.2) is 51.4 Å². The lowest BCUT2D eigenvalue weighted by Gasteiger charge is -2.26. The van der Waals surface area contributed by atoms with Crippen molar-refractivity contribution in [2.45, 2.75) is 25.3 Å². The highest BCUT2D eigenvalue weighted by molar-refractivity contribution is 7.87. The molecule has 17 heavy (non-hydrogen) atoms. The van der Waals surface area contributed by atoms with E-state index in [1.54, 1.807) is 0 Å². The Morgan fingerprint density at radius 3 is 2.82 bits per heavy atom. The summed E-state index contributed by atoms with van der Waals surface area (Å²) < 4.78 is 27.5. The summed E-state index contributed by atoms with van der Waals surface area (Å²) in [4.78, 5) is 10.9. The molecule has 1 rings (SSSR count). The lowest BCUT2D eigenvalue weighted by molar-refractivity contribution is -0.122. The Balaban J connectivity index is 2.45. The maximum absolute atomic E-state index is 11.8. The third kappa shape index (κ3) is 4.58. The first-order valence-corrected chi connectivity index (χ1v) is 7.10. The molecule has 1 aliphatic heterocycles. The first-order chi connectivity index (χ1) is 7.95. The Morgan fingerprint density at radius 1 is 1.59 bits per heavy atom. The van der Waals surface area contributed by atoms with Gasteiger partial charge in [-0.15, -0.1) is 0 Å². The maximum atomic E-state index is 11.8. The largest absolute Gasteiger partial charge is 0.355 e. The number of carbonyl (C=O) groups is 1. The lowest BCUT2D eigenvalue weighted by atomic mass is 10.1. The molecule has 0 bridgehead atoms. The molecule has 1 fully saturated rings. The summed E-state index contributed by atoms with van der Waals surface area (Å²) in [6, 6.07) is -0.224. The number of nitrogens with two attached hydrogens (primary N) is 1. The van der Waals surface area contributed by atoms with Gasteiger partial charge in [0.1, 0.15) is 0 Å². The molecule has 0 aromatic heterocycles. The molecule has 0 aromatic rings. The van der Waals surface area contributed by atoms with Crippen LogP contribution in [-0.2, 0) is 15.0 Å². The Kier molecular flexibility index (Phi) is 5.31. The van der Waals surface area contributed by atoms with Crippen LogP contribution in [0.25, 0.3) is 0 Å². The molecular weight excluding hydrogens is 244 g/mol. The number of hydrogen-bond acceptors (Lipinski definition) is 4. The number of nitrogens with one attached hydrogen (secondary N) is 2. The van der Waals surface area contributed by atoms with Crippen LogP contribution in [0.3, 0.4) is 0 Å². The minimum absolute atomic E-state index is 0.0306. The number of piperidine rings is 1. The van der Waals surface area contributed by atoms with Gasteiger partial charge < -0.3 is 11.1 Å². The van der Waals surface area contributed by atoms with Crippen molar-refractivity contribution in [1.29, 1.82) is 0 Å². The second-order valence-corrected chi connectivity index (χ2v) is 5.94. The normalized spacial score (nSPS) is 21.6. The van der Waals surface area contributed by atoms with Crippen molar-refractivity contribution in [3.63, 3.8) is 0 Å². The Bertz CT molecular complexity index is 347. The van der Waals surface area contributed by atoms with Gasteiger partial charge in [-0.2, -0.15) is 17.4 Å². The molecule has 1 heterocycles. The first kappa shape index (κ1) is 14.4. The van der Waals surface area contributed by atoms with Crippen LogP contribution in [0.4, 0.5) is 0 Å². The molecule has 1 unspecified atom stereocenters. The van der Waals surface area contributed by atoms with Gasteiger partial charge in [-0.05, 0) is 19.4 Å². The van der Waals surface area contributed by atoms with Crippen LogP contribution in [0.2, 0.25) is 0 Å². The van der Waals surface area contributed by atoms with Crippen LogP contribution < -0.4 is 15.8 Å². The van der Waals surface area contributed by atoms with Gasteiger partial charge in [0, 0.05) is 32.6 Å². The summed E-state index contributed by atoms with van der Waals surface area (Å²) in [6.45, 7) is 1.20. The Hall–Kier alpha value is -0.700. The van der Waals surface area contributed by atoms with Crippen molar-refractivity contribution in [2.75, 3.05) is 26.7 Å². The fraction of sp³-hybridized carbons (Fsp3) is 0.889. The van der Waals surface area contributed by atoms with Gasteiger partial charge in [0.15, 0.2) is 0 Å². The molecule has 4 N–H and O–H groups in total. The quantitative estimate of drug-likeness (QED) is 0.536. The standard InChI is InChI=1S/C9H20N4O3S/c1-13(6-2-5-10)17(15,16)12-8-3-4-9(14)11-7-8/h8,12H,2-7,10H2,1H3,(H,11,14). The molecule has 0 aliphatic carbocycles. The Labute approximate surface area is 102 Å². The summed E-state index contributed by atoms with van der Waals surface area (Å²) in [5.41, 5.74) is 5.33. The molecule has 1 aliphatic rings. The molecule has 1 atom stereocenters. The summed E-state index contributed by atoms with van der Waals surface area (Å²) in [5, 5.41) is 2.63. The highest BCUT2D eigenvalue weighted by Crippen LogP contribution is 2.06. The minimum atomic E-state index is -3.47. The molecule has 8 heteroatoms. The topological polar surface area (TPSA) is 105 Å². The molecule has 0 aromatic carbocycles. The van der Waals surface area contributed by atoms with Crippen LogP contribution in [0.1, 0.15) is 19.3 Å². The number of rotatable bonds is 6. The fourth-order valence-electron chi connectivity index (χ4n) is 1.57. The third-order valence-corrected chi connectivity index (χ3v) is 4.30. The van der Waals surface area contributed by atoms with Gasteiger partial charge in [0.05, 0.1) is 0 Å². The number of amides is 1. The van der Waals surface area contributed by atoms with E-state index in [-0.39, 0.29) is 11.9 Å². The average Bonchev–Trinajstić information content (AvgIpc) is 2.28. The summed E-state index contributed by atoms with van der Waals surface area (Å²) >= 11 is 0. The molecule has 1 saturated heterocycles. The third-order valence-electron chi connectivity index (χ3n) is 2.67. The van der Waals surface area contributed by atoms with Crippen molar-refractivity contribution >= 4 is 16.1 Å². The van der Waals surface area contributed by atoms with Crippen molar-refractivity contribution in [1.82, 2.24) is 14.3 Å². The zero-order valence-electron chi connectivity index (χ0n) is 9.98. The zero-order chi connectivity index (χ0) is 12.9. The summed E-state index contributed by atoms with van der Waals surface area (Å²) in [7, 11) is -1.96. The predicted octanol–water partition coefficient (Wildman–Crippen LogP) is -1.62. The zero-order valence-corrected chi connectivity index (χ0v) is 10.8. The summed E-state index contributed by atoms with van der Waals surface area (Å²) in [6.07, 6.45) is 1.52. The van der Waals surface area contributed by atoms with Gasteiger partial charge in [-0.1, -0.05) is 0 Å². The van der Waals surface area contributed by atoms with Gasteiger partial charge in [-0.3, -0.25) is 4.79 Å². The van der Waals surface area contributed by atoms with Crippen LogP contribution >= 0.6 is 0 Å². The maximum Gasteiger partial charge on any atom is 0.279 e.